The molecule has 7 heteroatoms. The third-order valence-corrected chi connectivity index (χ3v) is 5.17. The van der Waals surface area contributed by atoms with Crippen LogP contribution in [0.25, 0.3) is 0 Å². The highest BCUT2D eigenvalue weighted by molar-refractivity contribution is 7.52. The fraction of sp³-hybridized carbons (Fsp3) is 0.562. The largest absolute Gasteiger partial charge is 0.464 e. The Kier molecular flexibility index (Phi) is 8.31. The Morgan fingerprint density at radius 1 is 1.22 bits per heavy atom. The maximum atomic E-state index is 12.6. The number of rotatable bonds is 10. The second kappa shape index (κ2) is 9.71. The van der Waals surface area contributed by atoms with Gasteiger partial charge in [0.05, 0.1) is 6.61 Å². The van der Waals surface area contributed by atoms with E-state index in [0.29, 0.717) is 18.3 Å². The summed E-state index contributed by atoms with van der Waals surface area (Å²) in [5, 5.41) is 2.59. The smallest absolute Gasteiger partial charge is 0.459 e. The van der Waals surface area contributed by atoms with Gasteiger partial charge in [0.2, 0.25) is 0 Å². The van der Waals surface area contributed by atoms with E-state index in [1.165, 1.54) is 7.11 Å². The van der Waals surface area contributed by atoms with E-state index in [9.17, 15) is 9.36 Å². The van der Waals surface area contributed by atoms with Crippen molar-refractivity contribution in [3.05, 3.63) is 30.3 Å². The van der Waals surface area contributed by atoms with Gasteiger partial charge in [0, 0.05) is 7.11 Å². The zero-order valence-corrected chi connectivity index (χ0v) is 15.0. The van der Waals surface area contributed by atoms with Crippen LogP contribution in [0.3, 0.4) is 0 Å². The first kappa shape index (κ1) is 19.7. The minimum atomic E-state index is -3.64. The lowest BCUT2D eigenvalue weighted by atomic mass is 10.1. The van der Waals surface area contributed by atoms with Crippen molar-refractivity contribution in [2.75, 3.05) is 13.7 Å². The van der Waals surface area contributed by atoms with Gasteiger partial charge in [-0.3, -0.25) is 9.32 Å². The summed E-state index contributed by atoms with van der Waals surface area (Å²) in [6, 6.07) is 7.83. The van der Waals surface area contributed by atoms with Crippen LogP contribution in [-0.2, 0) is 18.6 Å². The summed E-state index contributed by atoms with van der Waals surface area (Å²) >= 11 is 0. The average molecular weight is 343 g/mol. The van der Waals surface area contributed by atoms with Gasteiger partial charge in [-0.05, 0) is 25.0 Å². The number of carbonyl (C=O) groups is 1. The predicted octanol–water partition coefficient (Wildman–Crippen LogP) is 3.78. The summed E-state index contributed by atoms with van der Waals surface area (Å²) in [7, 11) is -2.38. The Morgan fingerprint density at radius 2 is 1.83 bits per heavy atom. The molecule has 0 aliphatic rings. The zero-order chi connectivity index (χ0) is 17.3. The second-order valence-corrected chi connectivity index (χ2v) is 7.05. The molecule has 0 spiro atoms. The van der Waals surface area contributed by atoms with E-state index in [0.717, 1.165) is 12.8 Å². The summed E-state index contributed by atoms with van der Waals surface area (Å²) in [4.78, 5) is 12.0. The summed E-state index contributed by atoms with van der Waals surface area (Å²) in [6.07, 6.45) is 1.89. The fourth-order valence-electron chi connectivity index (χ4n) is 1.88. The first-order chi connectivity index (χ1) is 10.9. The quantitative estimate of drug-likeness (QED) is 0.515. The molecule has 0 saturated heterocycles. The Morgan fingerprint density at radius 3 is 2.35 bits per heavy atom. The van der Waals surface area contributed by atoms with Crippen molar-refractivity contribution in [2.24, 2.45) is 5.92 Å². The van der Waals surface area contributed by atoms with Crippen LogP contribution in [0.15, 0.2) is 30.3 Å². The molecule has 0 heterocycles. The number of hydrogen-bond acceptors (Lipinski definition) is 5. The zero-order valence-electron chi connectivity index (χ0n) is 14.2. The molecule has 1 aromatic carbocycles. The fourth-order valence-corrected chi connectivity index (χ4v) is 3.09. The predicted molar refractivity (Wildman–Crippen MR) is 89.3 cm³/mol. The third-order valence-electron chi connectivity index (χ3n) is 3.53. The Bertz CT molecular complexity index is 518. The standard InChI is InChI=1S/C16H26NO5P/c1-5-14(6-2)12-21-16(18)13(3)17-23(19,20-4)22-15-10-8-7-9-11-15/h7-11,13-14H,5-6,12H2,1-4H3,(H,17,19)/t13-,23-/m0/s1. The van der Waals surface area contributed by atoms with Gasteiger partial charge in [-0.15, -0.1) is 0 Å². The number of hydrogen-bond donors (Lipinski definition) is 1. The molecule has 1 aromatic rings. The molecule has 0 aromatic heterocycles. The minimum absolute atomic E-state index is 0.334. The second-order valence-electron chi connectivity index (χ2n) is 5.25. The Labute approximate surface area is 138 Å². The molecule has 0 saturated carbocycles. The van der Waals surface area contributed by atoms with Crippen LogP contribution in [0.5, 0.6) is 5.75 Å². The molecule has 0 aliphatic carbocycles. The van der Waals surface area contributed by atoms with Gasteiger partial charge in [0.25, 0.3) is 0 Å². The Balaban J connectivity index is 2.59. The maximum Gasteiger partial charge on any atom is 0.459 e. The number of para-hydroxylation sites is 1. The summed E-state index contributed by atoms with van der Waals surface area (Å²) in [5.41, 5.74) is 0. The lowest BCUT2D eigenvalue weighted by Gasteiger charge is -2.22. The average Bonchev–Trinajstić information content (AvgIpc) is 2.56. The normalized spacial score (nSPS) is 15.0. The molecule has 1 rings (SSSR count). The van der Waals surface area contributed by atoms with Crippen LogP contribution in [0.1, 0.15) is 33.6 Å². The highest BCUT2D eigenvalue weighted by atomic mass is 31.2. The SMILES string of the molecule is CCC(CC)COC(=O)[C@H](C)N[P@](=O)(OC)Oc1ccccc1. The summed E-state index contributed by atoms with van der Waals surface area (Å²) in [6.45, 7) is 6.02. The van der Waals surface area contributed by atoms with Gasteiger partial charge in [-0.1, -0.05) is 44.9 Å². The molecule has 0 unspecified atom stereocenters. The molecule has 0 amide bonds. The highest BCUT2D eigenvalue weighted by Gasteiger charge is 2.31. The molecular weight excluding hydrogens is 317 g/mol. The third kappa shape index (κ3) is 6.73. The molecular formula is C16H26NO5P. The minimum Gasteiger partial charge on any atom is -0.464 e. The monoisotopic (exact) mass is 343 g/mol. The van der Waals surface area contributed by atoms with E-state index in [1.54, 1.807) is 31.2 Å². The first-order valence-corrected chi connectivity index (χ1v) is 9.33. The molecule has 130 valence electrons. The maximum absolute atomic E-state index is 12.6. The van der Waals surface area contributed by atoms with Gasteiger partial charge in [-0.25, -0.2) is 4.57 Å². The van der Waals surface area contributed by atoms with Crippen molar-refractivity contribution < 1.29 is 23.1 Å². The molecule has 1 N–H and O–H groups in total. The van der Waals surface area contributed by atoms with Crippen molar-refractivity contribution in [2.45, 2.75) is 39.7 Å². The van der Waals surface area contributed by atoms with Crippen molar-refractivity contribution in [1.82, 2.24) is 5.09 Å². The highest BCUT2D eigenvalue weighted by Crippen LogP contribution is 2.43. The van der Waals surface area contributed by atoms with Crippen LogP contribution in [-0.4, -0.2) is 25.7 Å². The van der Waals surface area contributed by atoms with Crippen LogP contribution in [0, 0.1) is 5.92 Å². The first-order valence-electron chi connectivity index (χ1n) is 7.78. The Hall–Kier alpha value is -1.36. The van der Waals surface area contributed by atoms with Crippen molar-refractivity contribution in [3.8, 4) is 5.75 Å². The van der Waals surface area contributed by atoms with E-state index >= 15 is 0 Å². The lowest BCUT2D eigenvalue weighted by Crippen LogP contribution is -2.35. The van der Waals surface area contributed by atoms with Gasteiger partial charge in [0.1, 0.15) is 11.8 Å². The molecule has 23 heavy (non-hydrogen) atoms. The van der Waals surface area contributed by atoms with Gasteiger partial charge in [0.15, 0.2) is 0 Å². The van der Waals surface area contributed by atoms with Crippen molar-refractivity contribution >= 4 is 13.7 Å². The number of benzene rings is 1. The van der Waals surface area contributed by atoms with Gasteiger partial charge < -0.3 is 9.26 Å². The van der Waals surface area contributed by atoms with E-state index in [4.69, 9.17) is 13.8 Å². The van der Waals surface area contributed by atoms with Crippen molar-refractivity contribution in [3.63, 3.8) is 0 Å². The molecule has 0 fully saturated rings. The van der Waals surface area contributed by atoms with Crippen molar-refractivity contribution in [1.29, 1.82) is 0 Å². The number of ether oxygens (including phenoxy) is 1. The number of nitrogens with one attached hydrogen (secondary N) is 1. The summed E-state index contributed by atoms with van der Waals surface area (Å²) < 4.78 is 28.1. The molecule has 0 bridgehead atoms. The number of esters is 1. The van der Waals surface area contributed by atoms with Gasteiger partial charge in [-0.2, -0.15) is 5.09 Å². The molecule has 0 aliphatic heterocycles. The molecule has 6 nitrogen and oxygen atoms in total. The van der Waals surface area contributed by atoms with Crippen LogP contribution in [0.2, 0.25) is 0 Å². The van der Waals surface area contributed by atoms with Crippen LogP contribution >= 0.6 is 7.75 Å². The van der Waals surface area contributed by atoms with Crippen LogP contribution in [0.4, 0.5) is 0 Å². The molecule has 0 radical (unpaired) electrons. The lowest BCUT2D eigenvalue weighted by molar-refractivity contribution is -0.146. The number of carbonyl (C=O) groups excluding carboxylic acids is 1. The molecule has 2 atom stereocenters. The van der Waals surface area contributed by atoms with Crippen LogP contribution < -0.4 is 9.61 Å². The van der Waals surface area contributed by atoms with Gasteiger partial charge >= 0.3 is 13.7 Å². The van der Waals surface area contributed by atoms with E-state index < -0.39 is 19.8 Å². The topological polar surface area (TPSA) is 73.9 Å². The van der Waals surface area contributed by atoms with E-state index in [1.807, 2.05) is 6.07 Å². The summed E-state index contributed by atoms with van der Waals surface area (Å²) in [5.74, 6) is 0.245. The van der Waals surface area contributed by atoms with E-state index in [2.05, 4.69) is 18.9 Å². The van der Waals surface area contributed by atoms with E-state index in [-0.39, 0.29) is 0 Å².